The Kier molecular flexibility index (Phi) is 7.08. The van der Waals surface area contributed by atoms with E-state index in [-0.39, 0.29) is 12.0 Å². The Labute approximate surface area is 200 Å². The maximum absolute atomic E-state index is 7.74. The number of anilines is 1. The number of nitrogens with zero attached hydrogens (tertiary/aromatic N) is 1. The summed E-state index contributed by atoms with van der Waals surface area (Å²) in [5.41, 5.74) is 12.2. The molecule has 1 aliphatic rings. The van der Waals surface area contributed by atoms with E-state index in [4.69, 9.17) is 15.9 Å². The molecule has 0 saturated carbocycles. The normalized spacial score (nSPS) is 15.1. The molecule has 0 saturated heterocycles. The van der Waals surface area contributed by atoms with Gasteiger partial charge in [0.05, 0.1) is 11.7 Å². The molecule has 0 aliphatic carbocycles. The number of hydrogen-bond acceptors (Lipinski definition) is 3. The minimum Gasteiger partial charge on any atom is -0.489 e. The summed E-state index contributed by atoms with van der Waals surface area (Å²) in [6.07, 6.45) is 1.89. The van der Waals surface area contributed by atoms with Crippen LogP contribution in [0.15, 0.2) is 96.1 Å². The molecule has 34 heavy (non-hydrogen) atoms. The number of nitrogens with one attached hydrogen (secondary N) is 3. The van der Waals surface area contributed by atoms with Gasteiger partial charge >= 0.3 is 0 Å². The topological polar surface area (TPSA) is 99.3 Å². The van der Waals surface area contributed by atoms with Crippen LogP contribution < -0.4 is 15.8 Å². The maximum Gasteiger partial charge on any atom is 0.213 e. The van der Waals surface area contributed by atoms with Gasteiger partial charge in [-0.2, -0.15) is 0 Å². The minimum atomic E-state index is -0.231. The fourth-order valence-corrected chi connectivity index (χ4v) is 4.03. The van der Waals surface area contributed by atoms with E-state index in [1.807, 2.05) is 80.7 Å². The van der Waals surface area contributed by atoms with Crippen molar-refractivity contribution in [3.05, 3.63) is 119 Å². The highest BCUT2D eigenvalue weighted by molar-refractivity contribution is 6.19. The first kappa shape index (κ1) is 22.9. The lowest BCUT2D eigenvalue weighted by Gasteiger charge is -2.20. The molecule has 6 heteroatoms. The average Bonchev–Trinajstić information content (AvgIpc) is 3.32. The van der Waals surface area contributed by atoms with Crippen LogP contribution in [0.5, 0.6) is 5.75 Å². The Morgan fingerprint density at radius 1 is 0.971 bits per heavy atom. The van der Waals surface area contributed by atoms with Crippen molar-refractivity contribution in [3.63, 3.8) is 0 Å². The third-order valence-electron chi connectivity index (χ3n) is 5.48. The predicted octanol–water partition coefficient (Wildman–Crippen LogP) is 5.87. The van der Waals surface area contributed by atoms with Gasteiger partial charge in [0.25, 0.3) is 0 Å². The van der Waals surface area contributed by atoms with E-state index in [2.05, 4.69) is 39.6 Å². The first-order valence-corrected chi connectivity index (χ1v) is 11.4. The molecule has 1 atom stereocenters. The molecule has 6 nitrogen and oxygen atoms in total. The summed E-state index contributed by atoms with van der Waals surface area (Å²) in [6, 6.07) is 28.1. The van der Waals surface area contributed by atoms with Crippen LogP contribution in [0, 0.1) is 5.41 Å². The third kappa shape index (κ3) is 4.86. The highest BCUT2D eigenvalue weighted by Gasteiger charge is 2.28. The van der Waals surface area contributed by atoms with Gasteiger partial charge in [-0.3, -0.25) is 5.41 Å². The standard InChI is InChI=1S/C26H23N5O.C2H6/c27-26(28)31-25-20-11-4-5-12-22(20)30-23(21-13-14-29-24(21)25)18-9-6-10-19(15-18)32-16-17-7-2-1-3-8-17;1-2/h1-15,23,29-30H,16H2,(H3,27,28);1-2H3/b31-25-;. The highest BCUT2D eigenvalue weighted by Crippen LogP contribution is 2.36. The summed E-state index contributed by atoms with van der Waals surface area (Å²) in [6.45, 7) is 4.51. The third-order valence-corrected chi connectivity index (χ3v) is 5.48. The van der Waals surface area contributed by atoms with Gasteiger partial charge in [-0.15, -0.1) is 0 Å². The number of ether oxygens (including phenoxy) is 1. The number of para-hydroxylation sites is 1. The molecule has 5 rings (SSSR count). The van der Waals surface area contributed by atoms with Crippen molar-refractivity contribution in [1.82, 2.24) is 4.98 Å². The number of benzene rings is 3. The molecule has 0 spiro atoms. The summed E-state index contributed by atoms with van der Waals surface area (Å²) < 4.78 is 6.06. The van der Waals surface area contributed by atoms with Crippen LogP contribution in [-0.2, 0) is 6.61 Å². The molecule has 0 fully saturated rings. The molecule has 0 bridgehead atoms. The zero-order chi connectivity index (χ0) is 23.9. The summed E-state index contributed by atoms with van der Waals surface area (Å²) in [5.74, 6) is 0.575. The smallest absolute Gasteiger partial charge is 0.213 e. The number of H-pyrrole nitrogens is 1. The van der Waals surface area contributed by atoms with Crippen molar-refractivity contribution < 1.29 is 4.74 Å². The fourth-order valence-electron chi connectivity index (χ4n) is 4.03. The number of hydrogen-bond donors (Lipinski definition) is 4. The molecule has 4 aromatic rings. The second-order valence-corrected chi connectivity index (χ2v) is 7.62. The van der Waals surface area contributed by atoms with Gasteiger partial charge in [0, 0.05) is 23.0 Å². The predicted molar refractivity (Wildman–Crippen MR) is 139 cm³/mol. The summed E-state index contributed by atoms with van der Waals surface area (Å²) >= 11 is 0. The van der Waals surface area contributed by atoms with E-state index >= 15 is 0 Å². The molecule has 0 amide bonds. The van der Waals surface area contributed by atoms with Crippen LogP contribution in [0.2, 0.25) is 0 Å². The van der Waals surface area contributed by atoms with Crippen LogP contribution in [0.3, 0.4) is 0 Å². The lowest BCUT2D eigenvalue weighted by molar-refractivity contribution is 0.306. The van der Waals surface area contributed by atoms with Crippen LogP contribution in [0.25, 0.3) is 0 Å². The van der Waals surface area contributed by atoms with Gasteiger partial charge in [-0.05, 0) is 35.4 Å². The second kappa shape index (κ2) is 10.5. The highest BCUT2D eigenvalue weighted by atomic mass is 16.5. The fraction of sp³-hybridized carbons (Fsp3) is 0.143. The van der Waals surface area contributed by atoms with E-state index in [0.717, 1.165) is 39.4 Å². The van der Waals surface area contributed by atoms with E-state index in [0.29, 0.717) is 12.3 Å². The summed E-state index contributed by atoms with van der Waals surface area (Å²) in [4.78, 5) is 7.64. The number of guanidine groups is 1. The second-order valence-electron chi connectivity index (χ2n) is 7.62. The molecule has 1 aromatic heterocycles. The Hall–Kier alpha value is -4.32. The molecule has 172 valence electrons. The number of fused-ring (bicyclic) bond motifs is 2. The van der Waals surface area contributed by atoms with Crippen molar-refractivity contribution in [2.75, 3.05) is 5.32 Å². The van der Waals surface area contributed by atoms with Crippen LogP contribution in [-0.4, -0.2) is 16.7 Å². The number of aliphatic imine (C=N–C) groups is 1. The average molecular weight is 452 g/mol. The van der Waals surface area contributed by atoms with Gasteiger partial charge in [-0.25, -0.2) is 4.99 Å². The lowest BCUT2D eigenvalue weighted by Crippen LogP contribution is -2.14. The van der Waals surface area contributed by atoms with Crippen LogP contribution in [0.4, 0.5) is 5.69 Å². The number of aromatic amines is 1. The quantitative estimate of drug-likeness (QED) is 0.231. The van der Waals surface area contributed by atoms with E-state index in [9.17, 15) is 0 Å². The van der Waals surface area contributed by atoms with Gasteiger partial charge in [0.2, 0.25) is 5.96 Å². The Morgan fingerprint density at radius 2 is 1.74 bits per heavy atom. The Balaban J connectivity index is 0.00000133. The van der Waals surface area contributed by atoms with Crippen molar-refractivity contribution in [2.45, 2.75) is 26.5 Å². The van der Waals surface area contributed by atoms with Crippen LogP contribution >= 0.6 is 0 Å². The molecular weight excluding hydrogens is 422 g/mol. The van der Waals surface area contributed by atoms with Gasteiger partial charge in [-0.1, -0.05) is 74.5 Å². The van der Waals surface area contributed by atoms with Gasteiger partial charge < -0.3 is 20.8 Å². The molecule has 5 N–H and O–H groups in total. The monoisotopic (exact) mass is 451 g/mol. The largest absolute Gasteiger partial charge is 0.489 e. The first-order chi connectivity index (χ1) is 16.7. The molecular formula is C28H29N5O. The maximum atomic E-state index is 7.74. The molecule has 1 aliphatic heterocycles. The van der Waals surface area contributed by atoms with Crippen molar-refractivity contribution in [1.29, 1.82) is 5.41 Å². The van der Waals surface area contributed by atoms with Crippen molar-refractivity contribution >= 4 is 17.4 Å². The van der Waals surface area contributed by atoms with Gasteiger partial charge in [0.1, 0.15) is 18.1 Å². The molecule has 2 heterocycles. The Bertz CT molecular complexity index is 1290. The first-order valence-electron chi connectivity index (χ1n) is 11.4. The SMILES string of the molecule is CC.N=C(N)/N=C1/c2ccccc2NC(c2cccc(OCc3ccccc3)c2)c2cc[nH]c21. The molecule has 1 unspecified atom stereocenters. The van der Waals surface area contributed by atoms with Crippen molar-refractivity contribution in [3.8, 4) is 5.75 Å². The van der Waals surface area contributed by atoms with E-state index in [1.165, 1.54) is 0 Å². The number of nitrogens with two attached hydrogens (primary N) is 1. The van der Waals surface area contributed by atoms with Gasteiger partial charge in [0.15, 0.2) is 0 Å². The van der Waals surface area contributed by atoms with E-state index in [1.54, 1.807) is 0 Å². The number of rotatable bonds is 4. The molecule has 3 aromatic carbocycles. The minimum absolute atomic E-state index is 0.127. The lowest BCUT2D eigenvalue weighted by atomic mass is 9.97. The van der Waals surface area contributed by atoms with Crippen LogP contribution in [0.1, 0.15) is 47.8 Å². The Morgan fingerprint density at radius 3 is 2.53 bits per heavy atom. The van der Waals surface area contributed by atoms with Crippen molar-refractivity contribution in [2.24, 2.45) is 10.7 Å². The number of aromatic nitrogens is 1. The zero-order valence-electron chi connectivity index (χ0n) is 19.4. The molecule has 0 radical (unpaired) electrons. The summed E-state index contributed by atoms with van der Waals surface area (Å²) in [5, 5.41) is 11.4. The summed E-state index contributed by atoms with van der Waals surface area (Å²) in [7, 11) is 0. The zero-order valence-corrected chi connectivity index (χ0v) is 19.4. The van der Waals surface area contributed by atoms with E-state index < -0.39 is 0 Å².